The standard InChI is InChI=1S/C20H12O12S4/c21-33(22,23)13-5-1-9-10-2-6-15(35(27,28)29)20-16(36(30,31)32)8-4-12(18(10)20)11-3-7-14(34(24,25)26)19(13)17(9)11/h1-8H,(H,21,22,23)(H,24,25,26)(H,27,28,29)(H,30,31,32)/p-4. The van der Waals surface area contributed by atoms with Crippen molar-refractivity contribution in [3.8, 4) is 0 Å². The molecule has 0 aliphatic rings. The van der Waals surface area contributed by atoms with Gasteiger partial charge in [0.05, 0.1) is 19.6 Å². The molecular weight excluding hydrogens is 560 g/mol. The van der Waals surface area contributed by atoms with Gasteiger partial charge in [0.1, 0.15) is 40.5 Å². The second-order valence-corrected chi connectivity index (χ2v) is 13.2. The molecule has 5 aromatic carbocycles. The molecule has 36 heavy (non-hydrogen) atoms. The third-order valence-corrected chi connectivity index (χ3v) is 9.34. The van der Waals surface area contributed by atoms with Crippen molar-refractivity contribution in [3.63, 3.8) is 0 Å². The Morgan fingerprint density at radius 2 is 0.528 bits per heavy atom. The van der Waals surface area contributed by atoms with Gasteiger partial charge in [-0.25, -0.2) is 33.7 Å². The highest BCUT2D eigenvalue weighted by molar-refractivity contribution is 7.87. The molecule has 0 atom stereocenters. The first kappa shape index (κ1) is 24.7. The molecule has 5 rings (SSSR count). The highest BCUT2D eigenvalue weighted by Crippen LogP contribution is 2.46. The van der Waals surface area contributed by atoms with E-state index in [1.54, 1.807) is 0 Å². The van der Waals surface area contributed by atoms with E-state index < -0.39 is 70.8 Å². The fraction of sp³-hybridized carbons (Fsp3) is 0. The average molecular weight is 569 g/mol. The van der Waals surface area contributed by atoms with Gasteiger partial charge in [-0.1, -0.05) is 24.3 Å². The van der Waals surface area contributed by atoms with Crippen LogP contribution in [0.4, 0.5) is 0 Å². The van der Waals surface area contributed by atoms with E-state index in [0.29, 0.717) is 0 Å². The summed E-state index contributed by atoms with van der Waals surface area (Å²) >= 11 is 0. The second kappa shape index (κ2) is 7.30. The van der Waals surface area contributed by atoms with E-state index in [-0.39, 0.29) is 32.3 Å². The first-order chi connectivity index (χ1) is 16.4. The van der Waals surface area contributed by atoms with Gasteiger partial charge in [0.25, 0.3) is 0 Å². The lowest BCUT2D eigenvalue weighted by Crippen LogP contribution is -2.08. The minimum absolute atomic E-state index is 0.00862. The predicted octanol–water partition coefficient (Wildman–Crippen LogP) is 1.35. The van der Waals surface area contributed by atoms with Gasteiger partial charge in [-0.2, -0.15) is 0 Å². The zero-order chi connectivity index (χ0) is 26.6. The topological polar surface area (TPSA) is 229 Å². The average Bonchev–Trinajstić information content (AvgIpc) is 2.73. The Morgan fingerprint density at radius 1 is 0.333 bits per heavy atom. The summed E-state index contributed by atoms with van der Waals surface area (Å²) in [5.41, 5.74) is 0. The lowest BCUT2D eigenvalue weighted by Gasteiger charge is -2.23. The molecule has 0 saturated carbocycles. The molecule has 0 N–H and O–H groups in total. The molecule has 0 aromatic heterocycles. The van der Waals surface area contributed by atoms with Crippen molar-refractivity contribution < 1.29 is 51.9 Å². The van der Waals surface area contributed by atoms with Crippen LogP contribution in [-0.4, -0.2) is 51.9 Å². The van der Waals surface area contributed by atoms with E-state index in [9.17, 15) is 51.9 Å². The van der Waals surface area contributed by atoms with Crippen molar-refractivity contribution in [3.05, 3.63) is 48.5 Å². The molecule has 0 aliphatic carbocycles. The Bertz CT molecular complexity index is 1920. The molecule has 5 aromatic rings. The summed E-state index contributed by atoms with van der Waals surface area (Å²) in [5.74, 6) is 0. The van der Waals surface area contributed by atoms with E-state index in [2.05, 4.69) is 0 Å². The first-order valence-electron chi connectivity index (χ1n) is 9.46. The van der Waals surface area contributed by atoms with Gasteiger partial charge in [0.2, 0.25) is 0 Å². The molecule has 0 amide bonds. The first-order valence-corrected chi connectivity index (χ1v) is 15.1. The summed E-state index contributed by atoms with van der Waals surface area (Å²) in [6, 6.07) is 7.34. The quantitative estimate of drug-likeness (QED) is 0.170. The van der Waals surface area contributed by atoms with Crippen molar-refractivity contribution in [1.29, 1.82) is 0 Å². The van der Waals surface area contributed by atoms with Gasteiger partial charge in [-0.3, -0.25) is 0 Å². The summed E-state index contributed by atoms with van der Waals surface area (Å²) in [6.45, 7) is 0. The monoisotopic (exact) mass is 568 g/mol. The van der Waals surface area contributed by atoms with E-state index in [1.807, 2.05) is 0 Å². The molecule has 0 radical (unpaired) electrons. The molecule has 188 valence electrons. The molecule has 16 heteroatoms. The van der Waals surface area contributed by atoms with Gasteiger partial charge in [-0.15, -0.1) is 0 Å². The minimum Gasteiger partial charge on any atom is -0.744 e. The van der Waals surface area contributed by atoms with Crippen molar-refractivity contribution in [2.24, 2.45) is 0 Å². The van der Waals surface area contributed by atoms with Gasteiger partial charge in [0.15, 0.2) is 0 Å². The number of hydrogen-bond acceptors (Lipinski definition) is 12. The Kier molecular flexibility index (Phi) is 5.01. The van der Waals surface area contributed by atoms with Crippen LogP contribution in [0.1, 0.15) is 0 Å². The second-order valence-electron chi connectivity index (χ2n) is 7.76. The summed E-state index contributed by atoms with van der Waals surface area (Å²) in [6.07, 6.45) is 0. The largest absolute Gasteiger partial charge is 0.744 e. The maximum atomic E-state index is 11.9. The lowest BCUT2D eigenvalue weighted by molar-refractivity contribution is 0.459. The van der Waals surface area contributed by atoms with Gasteiger partial charge in [0, 0.05) is 10.8 Å². The molecule has 0 aliphatic heterocycles. The van der Waals surface area contributed by atoms with Crippen LogP contribution < -0.4 is 0 Å². The normalized spacial score (nSPS) is 13.9. The number of hydrogen-bond donors (Lipinski definition) is 0. The number of rotatable bonds is 4. The van der Waals surface area contributed by atoms with Crippen LogP contribution in [-0.2, 0) is 40.5 Å². The predicted molar refractivity (Wildman–Crippen MR) is 120 cm³/mol. The van der Waals surface area contributed by atoms with Crippen molar-refractivity contribution in [1.82, 2.24) is 0 Å². The summed E-state index contributed by atoms with van der Waals surface area (Å²) in [5, 5.41) is -1.78. The van der Waals surface area contributed by atoms with Crippen LogP contribution in [0.3, 0.4) is 0 Å². The molecule has 12 nitrogen and oxygen atoms in total. The highest BCUT2D eigenvalue weighted by Gasteiger charge is 2.24. The maximum Gasteiger partial charge on any atom is 0.125 e. The Labute approximate surface area is 203 Å². The molecule has 0 spiro atoms. The third kappa shape index (κ3) is 3.53. The van der Waals surface area contributed by atoms with Gasteiger partial charge < -0.3 is 18.2 Å². The van der Waals surface area contributed by atoms with Gasteiger partial charge in [-0.05, 0) is 56.6 Å². The number of fused-ring (bicyclic) bond motifs is 2. The van der Waals surface area contributed by atoms with Crippen molar-refractivity contribution in [2.45, 2.75) is 19.6 Å². The van der Waals surface area contributed by atoms with Crippen LogP contribution in [0.25, 0.3) is 43.1 Å². The fourth-order valence-corrected chi connectivity index (χ4v) is 7.51. The summed E-state index contributed by atoms with van der Waals surface area (Å²) < 4.78 is 143. The lowest BCUT2D eigenvalue weighted by atomic mass is 9.90. The van der Waals surface area contributed by atoms with Crippen LogP contribution in [0.2, 0.25) is 0 Å². The molecular formula is C20H8O12S4-4. The maximum absolute atomic E-state index is 11.9. The Morgan fingerprint density at radius 3 is 0.694 bits per heavy atom. The van der Waals surface area contributed by atoms with Crippen LogP contribution in [0.15, 0.2) is 68.1 Å². The van der Waals surface area contributed by atoms with E-state index in [0.717, 1.165) is 48.5 Å². The van der Waals surface area contributed by atoms with E-state index in [1.165, 1.54) is 0 Å². The molecule has 0 fully saturated rings. The summed E-state index contributed by atoms with van der Waals surface area (Å²) in [7, 11) is -21.2. The molecule has 0 saturated heterocycles. The summed E-state index contributed by atoms with van der Waals surface area (Å²) in [4.78, 5) is -4.02. The minimum atomic E-state index is -5.31. The van der Waals surface area contributed by atoms with Crippen LogP contribution in [0.5, 0.6) is 0 Å². The zero-order valence-electron chi connectivity index (χ0n) is 17.2. The van der Waals surface area contributed by atoms with Crippen LogP contribution >= 0.6 is 0 Å². The third-order valence-electron chi connectivity index (χ3n) is 5.83. The van der Waals surface area contributed by atoms with E-state index in [4.69, 9.17) is 0 Å². The van der Waals surface area contributed by atoms with Crippen molar-refractivity contribution in [2.75, 3.05) is 0 Å². The van der Waals surface area contributed by atoms with Crippen molar-refractivity contribution >= 4 is 83.6 Å². The molecule has 0 heterocycles. The number of benzene rings is 5. The smallest absolute Gasteiger partial charge is 0.125 e. The highest BCUT2D eigenvalue weighted by atomic mass is 32.2. The van der Waals surface area contributed by atoms with E-state index >= 15 is 0 Å². The fourth-order valence-electron chi connectivity index (χ4n) is 4.60. The molecule has 0 bridgehead atoms. The molecule has 0 unspecified atom stereocenters. The Hall–Kier alpha value is -2.96. The van der Waals surface area contributed by atoms with Gasteiger partial charge >= 0.3 is 0 Å². The zero-order valence-corrected chi connectivity index (χ0v) is 20.4. The van der Waals surface area contributed by atoms with Crippen LogP contribution in [0, 0.1) is 0 Å². The SMILES string of the molecule is O=S(=O)([O-])c1ccc2c3ccc(S(=O)(=O)[O-])c4c(S(=O)(=O)[O-])ccc(c5ccc(S(=O)(=O)[O-])c1c25)c43. The Balaban J connectivity index is 2.23.